The van der Waals surface area contributed by atoms with Gasteiger partial charge in [0.1, 0.15) is 5.54 Å². The number of carboxylic acid groups (broad SMARTS) is 1. The average molecular weight is 318 g/mol. The number of halogens is 1. The summed E-state index contributed by atoms with van der Waals surface area (Å²) in [6.07, 6.45) is 1.54. The number of hydrogen-bond donors (Lipinski definition) is 2. The van der Waals surface area contributed by atoms with Crippen LogP contribution in [0.4, 0.5) is 0 Å². The molecule has 22 heavy (non-hydrogen) atoms. The summed E-state index contributed by atoms with van der Waals surface area (Å²) >= 11 is 0. The minimum absolute atomic E-state index is 0. The van der Waals surface area contributed by atoms with Crippen LogP contribution in [0.2, 0.25) is 0 Å². The molecule has 0 aromatic heterocycles. The van der Waals surface area contributed by atoms with Crippen LogP contribution in [0.1, 0.15) is 29.9 Å². The number of rotatable bonds is 4. The Kier molecular flexibility index (Phi) is 5.22. The molecular formula is C18H20ClNO2. The van der Waals surface area contributed by atoms with E-state index in [4.69, 9.17) is 0 Å². The quantitative estimate of drug-likeness (QED) is 0.908. The van der Waals surface area contributed by atoms with E-state index < -0.39 is 11.5 Å². The first-order valence-corrected chi connectivity index (χ1v) is 7.32. The van der Waals surface area contributed by atoms with Crippen molar-refractivity contribution in [2.45, 2.75) is 24.3 Å². The van der Waals surface area contributed by atoms with Crippen LogP contribution in [0, 0.1) is 0 Å². The summed E-state index contributed by atoms with van der Waals surface area (Å²) in [5.74, 6) is -0.947. The van der Waals surface area contributed by atoms with Crippen LogP contribution in [0.15, 0.2) is 60.7 Å². The summed E-state index contributed by atoms with van der Waals surface area (Å²) < 4.78 is 0. The van der Waals surface area contributed by atoms with Crippen molar-refractivity contribution in [3.05, 3.63) is 71.8 Å². The Morgan fingerprint density at radius 2 is 1.50 bits per heavy atom. The maximum Gasteiger partial charge on any atom is 0.324 e. The maximum atomic E-state index is 12.0. The zero-order chi connectivity index (χ0) is 14.7. The van der Waals surface area contributed by atoms with E-state index >= 15 is 0 Å². The molecule has 0 saturated carbocycles. The summed E-state index contributed by atoms with van der Waals surface area (Å²) in [6, 6.07) is 19.9. The van der Waals surface area contributed by atoms with Gasteiger partial charge in [-0.15, -0.1) is 12.4 Å². The molecule has 1 aliphatic rings. The molecule has 0 bridgehead atoms. The van der Waals surface area contributed by atoms with E-state index in [9.17, 15) is 9.90 Å². The van der Waals surface area contributed by atoms with Crippen molar-refractivity contribution in [1.82, 2.24) is 5.32 Å². The van der Waals surface area contributed by atoms with E-state index in [1.807, 2.05) is 60.7 Å². The zero-order valence-corrected chi connectivity index (χ0v) is 13.1. The van der Waals surface area contributed by atoms with Crippen LogP contribution in [-0.4, -0.2) is 23.2 Å². The van der Waals surface area contributed by atoms with E-state index in [0.29, 0.717) is 6.42 Å². The fraction of sp³-hybridized carbons (Fsp3) is 0.278. The molecule has 1 saturated heterocycles. The fourth-order valence-electron chi connectivity index (χ4n) is 3.37. The number of carbonyl (C=O) groups is 1. The summed E-state index contributed by atoms with van der Waals surface area (Å²) in [7, 11) is 0. The number of aliphatic carboxylic acids is 1. The van der Waals surface area contributed by atoms with Crippen LogP contribution < -0.4 is 5.32 Å². The molecule has 1 atom stereocenters. The lowest BCUT2D eigenvalue weighted by Gasteiger charge is -2.35. The monoisotopic (exact) mass is 317 g/mol. The first-order chi connectivity index (χ1) is 10.2. The summed E-state index contributed by atoms with van der Waals surface area (Å²) in [6.45, 7) is 0.752. The van der Waals surface area contributed by atoms with Crippen LogP contribution in [0.5, 0.6) is 0 Å². The van der Waals surface area contributed by atoms with Crippen molar-refractivity contribution in [1.29, 1.82) is 0 Å². The molecule has 3 nitrogen and oxygen atoms in total. The number of hydrogen-bond acceptors (Lipinski definition) is 2. The predicted molar refractivity (Wildman–Crippen MR) is 89.6 cm³/mol. The Labute approximate surface area is 136 Å². The molecule has 3 rings (SSSR count). The minimum Gasteiger partial charge on any atom is -0.480 e. The molecule has 0 amide bonds. The lowest BCUT2D eigenvalue weighted by atomic mass is 9.74. The van der Waals surface area contributed by atoms with Gasteiger partial charge in [-0.3, -0.25) is 4.79 Å². The summed E-state index contributed by atoms with van der Waals surface area (Å²) in [5, 5.41) is 13.2. The highest BCUT2D eigenvalue weighted by Crippen LogP contribution is 2.40. The average Bonchev–Trinajstić information content (AvgIpc) is 3.00. The summed E-state index contributed by atoms with van der Waals surface area (Å²) in [5.41, 5.74) is 1.17. The highest BCUT2D eigenvalue weighted by molar-refractivity contribution is 5.85. The van der Waals surface area contributed by atoms with Crippen molar-refractivity contribution in [2.24, 2.45) is 0 Å². The van der Waals surface area contributed by atoms with Gasteiger partial charge in [-0.05, 0) is 30.5 Å². The van der Waals surface area contributed by atoms with Gasteiger partial charge >= 0.3 is 5.97 Å². The van der Waals surface area contributed by atoms with E-state index in [0.717, 1.165) is 24.1 Å². The molecule has 1 heterocycles. The van der Waals surface area contributed by atoms with Gasteiger partial charge in [0.15, 0.2) is 0 Å². The van der Waals surface area contributed by atoms with Crippen molar-refractivity contribution < 1.29 is 9.90 Å². The normalized spacial score (nSPS) is 20.6. The number of benzene rings is 2. The van der Waals surface area contributed by atoms with Crippen LogP contribution in [-0.2, 0) is 4.79 Å². The SMILES string of the molecule is Cl.O=C(O)C1(C(c2ccccc2)c2ccccc2)CCCN1. The molecule has 116 valence electrons. The Bertz CT molecular complexity index is 570. The molecule has 2 aromatic carbocycles. The van der Waals surface area contributed by atoms with E-state index in [-0.39, 0.29) is 18.3 Å². The van der Waals surface area contributed by atoms with Gasteiger partial charge in [0.2, 0.25) is 0 Å². The van der Waals surface area contributed by atoms with E-state index in [1.54, 1.807) is 0 Å². The third-order valence-electron chi connectivity index (χ3n) is 4.33. The molecular weight excluding hydrogens is 298 g/mol. The molecule has 0 spiro atoms. The lowest BCUT2D eigenvalue weighted by molar-refractivity contribution is -0.144. The van der Waals surface area contributed by atoms with Crippen molar-refractivity contribution >= 4 is 18.4 Å². The van der Waals surface area contributed by atoms with Crippen molar-refractivity contribution in [2.75, 3.05) is 6.54 Å². The second-order valence-electron chi connectivity index (χ2n) is 5.56. The van der Waals surface area contributed by atoms with E-state index in [1.165, 1.54) is 0 Å². The predicted octanol–water partition coefficient (Wildman–Crippen LogP) is 3.45. The van der Waals surface area contributed by atoms with Gasteiger partial charge in [-0.2, -0.15) is 0 Å². The van der Waals surface area contributed by atoms with Gasteiger partial charge in [0.25, 0.3) is 0 Å². The van der Waals surface area contributed by atoms with Gasteiger partial charge in [-0.1, -0.05) is 60.7 Å². The maximum absolute atomic E-state index is 12.0. The van der Waals surface area contributed by atoms with Crippen molar-refractivity contribution in [3.63, 3.8) is 0 Å². The zero-order valence-electron chi connectivity index (χ0n) is 12.2. The Morgan fingerprint density at radius 3 is 1.86 bits per heavy atom. The van der Waals surface area contributed by atoms with Gasteiger partial charge in [0.05, 0.1) is 0 Å². The van der Waals surface area contributed by atoms with Gasteiger partial charge in [-0.25, -0.2) is 0 Å². The highest BCUT2D eigenvalue weighted by atomic mass is 35.5. The number of carboxylic acids is 1. The molecule has 1 fully saturated rings. The van der Waals surface area contributed by atoms with Crippen molar-refractivity contribution in [3.8, 4) is 0 Å². The minimum atomic E-state index is -0.914. The molecule has 4 heteroatoms. The summed E-state index contributed by atoms with van der Waals surface area (Å²) in [4.78, 5) is 12.0. The molecule has 1 unspecified atom stereocenters. The Morgan fingerprint density at radius 1 is 1.00 bits per heavy atom. The lowest BCUT2D eigenvalue weighted by Crippen LogP contribution is -2.52. The highest BCUT2D eigenvalue weighted by Gasteiger charge is 2.49. The smallest absolute Gasteiger partial charge is 0.324 e. The van der Waals surface area contributed by atoms with Crippen LogP contribution in [0.25, 0.3) is 0 Å². The molecule has 2 aromatic rings. The van der Waals surface area contributed by atoms with Gasteiger partial charge in [0, 0.05) is 5.92 Å². The van der Waals surface area contributed by atoms with Gasteiger partial charge < -0.3 is 10.4 Å². The second kappa shape index (κ2) is 6.95. The third-order valence-corrected chi connectivity index (χ3v) is 4.33. The van der Waals surface area contributed by atoms with Crippen LogP contribution >= 0.6 is 12.4 Å². The Balaban J connectivity index is 0.00000176. The first kappa shape index (κ1) is 16.5. The standard InChI is InChI=1S/C18H19NO2.ClH/c20-17(21)18(12-7-13-19-18)16(14-8-3-1-4-9-14)15-10-5-2-6-11-15;/h1-6,8-11,16,19H,7,12-13H2,(H,20,21);1H. The molecule has 1 aliphatic heterocycles. The molecule has 2 N–H and O–H groups in total. The molecule has 0 radical (unpaired) electrons. The first-order valence-electron chi connectivity index (χ1n) is 7.32. The second-order valence-corrected chi connectivity index (χ2v) is 5.56. The van der Waals surface area contributed by atoms with Crippen LogP contribution in [0.3, 0.4) is 0 Å². The largest absolute Gasteiger partial charge is 0.480 e. The third kappa shape index (κ3) is 2.87. The molecule has 0 aliphatic carbocycles. The fourth-order valence-corrected chi connectivity index (χ4v) is 3.37. The Hall–Kier alpha value is -1.84. The number of nitrogens with one attached hydrogen (secondary N) is 1. The van der Waals surface area contributed by atoms with E-state index in [2.05, 4.69) is 5.32 Å². The topological polar surface area (TPSA) is 49.3 Å².